The van der Waals surface area contributed by atoms with Gasteiger partial charge in [0.1, 0.15) is 11.4 Å². The van der Waals surface area contributed by atoms with Gasteiger partial charge in [0.15, 0.2) is 0 Å². The number of benzene rings is 2. The van der Waals surface area contributed by atoms with Crippen LogP contribution in [0, 0.1) is 11.7 Å². The monoisotopic (exact) mass is 625 g/mol. The summed E-state index contributed by atoms with van der Waals surface area (Å²) in [5.74, 6) is -1.17. The fourth-order valence-corrected chi connectivity index (χ4v) is 6.52. The lowest BCUT2D eigenvalue weighted by atomic mass is 9.88. The standard InChI is InChI=1S/C36H43F4N3O2/c1-25-20-33(27-15-18-41(19-16-27)34(44)45-35(2,3)4)43(24-30(25)28-13-14-32(37)31(21-28)36(38,39)40)23-29-12-8-9-17-42(29)22-26-10-6-5-7-11-26/h5-7,10-11,13-14,21,24,27,29H,8-9,12,15-19,22-23H2,1-4H3. The van der Waals surface area contributed by atoms with Crippen molar-refractivity contribution in [3.05, 3.63) is 94.2 Å². The lowest BCUT2D eigenvalue weighted by Gasteiger charge is -2.42. The maximum Gasteiger partial charge on any atom is 0.419 e. The summed E-state index contributed by atoms with van der Waals surface area (Å²) in [6.07, 6.45) is 1.50. The first-order valence-corrected chi connectivity index (χ1v) is 15.9. The number of carbonyl (C=O) groups excluding carboxylic acids is 1. The second kappa shape index (κ2) is 13.4. The van der Waals surface area contributed by atoms with Crippen molar-refractivity contribution < 1.29 is 27.1 Å². The second-order valence-corrected chi connectivity index (χ2v) is 13.4. The van der Waals surface area contributed by atoms with Crippen molar-refractivity contribution in [2.24, 2.45) is 5.92 Å². The van der Waals surface area contributed by atoms with E-state index in [1.54, 1.807) is 4.90 Å². The van der Waals surface area contributed by atoms with E-state index in [1.807, 2.05) is 52.1 Å². The minimum Gasteiger partial charge on any atom is -0.444 e. The number of piperidine rings is 2. The number of rotatable bonds is 6. The number of allylic oxidation sites excluding steroid dienone is 2. The third kappa shape index (κ3) is 8.19. The van der Waals surface area contributed by atoms with Crippen LogP contribution in [0.15, 0.2) is 71.7 Å². The van der Waals surface area contributed by atoms with Crippen molar-refractivity contribution >= 4 is 11.7 Å². The highest BCUT2D eigenvalue weighted by Gasteiger charge is 2.36. The summed E-state index contributed by atoms with van der Waals surface area (Å²) in [5, 5.41) is 0. The number of carbonyl (C=O) groups is 1. The smallest absolute Gasteiger partial charge is 0.419 e. The number of hydrogen-bond acceptors (Lipinski definition) is 4. The average molecular weight is 626 g/mol. The number of ether oxygens (including phenoxy) is 1. The predicted molar refractivity (Wildman–Crippen MR) is 167 cm³/mol. The van der Waals surface area contributed by atoms with Crippen molar-refractivity contribution in [2.45, 2.75) is 84.2 Å². The summed E-state index contributed by atoms with van der Waals surface area (Å²) in [5.41, 5.74) is 5.56. The fourth-order valence-electron chi connectivity index (χ4n) is 6.52. The quantitative estimate of drug-likeness (QED) is 0.238. The number of hydrogen-bond donors (Lipinski definition) is 0. The molecule has 9 heteroatoms. The Morgan fingerprint density at radius 1 is 0.978 bits per heavy atom. The van der Waals surface area contributed by atoms with Gasteiger partial charge < -0.3 is 14.5 Å². The van der Waals surface area contributed by atoms with Crippen LogP contribution in [0.25, 0.3) is 5.57 Å². The molecule has 3 aliphatic heterocycles. The van der Waals surface area contributed by atoms with Crippen LogP contribution in [-0.4, -0.2) is 58.6 Å². The highest BCUT2D eigenvalue weighted by Crippen LogP contribution is 2.38. The van der Waals surface area contributed by atoms with Crippen LogP contribution >= 0.6 is 0 Å². The van der Waals surface area contributed by atoms with Crippen LogP contribution < -0.4 is 0 Å². The number of nitrogens with zero attached hydrogens (tertiary/aromatic N) is 3. The Morgan fingerprint density at radius 2 is 1.69 bits per heavy atom. The van der Waals surface area contributed by atoms with Crippen LogP contribution in [0.1, 0.15) is 76.5 Å². The fraction of sp³-hybridized carbons (Fsp3) is 0.500. The third-order valence-corrected chi connectivity index (χ3v) is 8.82. The van der Waals surface area contributed by atoms with Gasteiger partial charge in [-0.05, 0) is 83.2 Å². The van der Waals surface area contributed by atoms with E-state index in [4.69, 9.17) is 4.74 Å². The van der Waals surface area contributed by atoms with Crippen molar-refractivity contribution in [3.63, 3.8) is 0 Å². The number of likely N-dealkylation sites (tertiary alicyclic amines) is 2. The van der Waals surface area contributed by atoms with Gasteiger partial charge in [-0.15, -0.1) is 0 Å². The summed E-state index contributed by atoms with van der Waals surface area (Å²) in [6.45, 7) is 10.9. The Hall–Kier alpha value is -3.55. The van der Waals surface area contributed by atoms with Crippen LogP contribution in [0.4, 0.5) is 22.4 Å². The molecule has 2 aromatic rings. The van der Waals surface area contributed by atoms with Crippen molar-refractivity contribution in [2.75, 3.05) is 26.2 Å². The molecule has 0 radical (unpaired) electrons. The number of alkyl halides is 3. The Balaban J connectivity index is 1.45. The van der Waals surface area contributed by atoms with Gasteiger partial charge in [-0.3, -0.25) is 4.90 Å². The van der Waals surface area contributed by atoms with Crippen molar-refractivity contribution in [1.29, 1.82) is 0 Å². The molecule has 1 amide bonds. The van der Waals surface area contributed by atoms with E-state index in [9.17, 15) is 22.4 Å². The Labute approximate surface area is 263 Å². The Kier molecular flexibility index (Phi) is 9.80. The first kappa shape index (κ1) is 32.8. The molecule has 0 bridgehead atoms. The van der Waals surface area contributed by atoms with Crippen molar-refractivity contribution in [1.82, 2.24) is 14.7 Å². The summed E-state index contributed by atoms with van der Waals surface area (Å²) in [7, 11) is 0. The molecule has 45 heavy (non-hydrogen) atoms. The van der Waals surface area contributed by atoms with Gasteiger partial charge in [-0.25, -0.2) is 9.18 Å². The molecular weight excluding hydrogens is 582 g/mol. The summed E-state index contributed by atoms with van der Waals surface area (Å²) in [4.78, 5) is 19.1. The van der Waals surface area contributed by atoms with Crippen molar-refractivity contribution in [3.8, 4) is 0 Å². The molecule has 2 fully saturated rings. The molecule has 1 unspecified atom stereocenters. The molecule has 0 N–H and O–H groups in total. The van der Waals surface area contributed by atoms with Gasteiger partial charge in [-0.2, -0.15) is 13.2 Å². The molecular formula is C36H43F4N3O2. The topological polar surface area (TPSA) is 36.0 Å². The average Bonchev–Trinajstić information content (AvgIpc) is 2.98. The molecule has 3 heterocycles. The molecule has 3 aliphatic rings. The summed E-state index contributed by atoms with van der Waals surface area (Å²) in [6, 6.07) is 13.8. The summed E-state index contributed by atoms with van der Waals surface area (Å²) < 4.78 is 60.7. The van der Waals surface area contributed by atoms with Crippen LogP contribution in [-0.2, 0) is 17.5 Å². The molecule has 242 valence electrons. The third-order valence-electron chi connectivity index (χ3n) is 8.82. The molecule has 5 rings (SSSR count). The van der Waals surface area contributed by atoms with E-state index in [-0.39, 0.29) is 18.1 Å². The largest absolute Gasteiger partial charge is 0.444 e. The van der Waals surface area contributed by atoms with Gasteiger partial charge >= 0.3 is 12.3 Å². The molecule has 0 spiro atoms. The molecule has 5 nitrogen and oxygen atoms in total. The van der Waals surface area contributed by atoms with Gasteiger partial charge in [0.2, 0.25) is 0 Å². The van der Waals surface area contributed by atoms with Gasteiger partial charge in [0, 0.05) is 55.5 Å². The van der Waals surface area contributed by atoms with E-state index in [2.05, 4.69) is 27.7 Å². The first-order chi connectivity index (χ1) is 21.3. The predicted octanol–water partition coefficient (Wildman–Crippen LogP) is 8.63. The van der Waals surface area contributed by atoms with Crippen LogP contribution in [0.5, 0.6) is 0 Å². The SMILES string of the molecule is CC1=C=C(C2CCN(C(=O)OC(C)(C)C)CC2)N(CC2CCCCN2Cc2ccccc2)C=C1c1ccc(F)c(C(F)(F)F)c1. The van der Waals surface area contributed by atoms with E-state index in [0.29, 0.717) is 36.3 Å². The van der Waals surface area contributed by atoms with Crippen LogP contribution in [0.2, 0.25) is 0 Å². The molecule has 0 saturated carbocycles. The number of halogens is 4. The zero-order valence-corrected chi connectivity index (χ0v) is 26.6. The minimum atomic E-state index is -4.80. The van der Waals surface area contributed by atoms with E-state index < -0.39 is 23.2 Å². The molecule has 0 aliphatic carbocycles. The normalized spacial score (nSPS) is 20.4. The molecule has 2 aromatic carbocycles. The van der Waals surface area contributed by atoms with E-state index >= 15 is 0 Å². The maximum absolute atomic E-state index is 14.2. The van der Waals surface area contributed by atoms with E-state index in [1.165, 1.54) is 11.6 Å². The Bertz CT molecular complexity index is 1460. The highest BCUT2D eigenvalue weighted by atomic mass is 19.4. The van der Waals surface area contributed by atoms with Crippen LogP contribution in [0.3, 0.4) is 0 Å². The zero-order chi connectivity index (χ0) is 32.4. The second-order valence-electron chi connectivity index (χ2n) is 13.4. The zero-order valence-electron chi connectivity index (χ0n) is 26.6. The number of amides is 1. The van der Waals surface area contributed by atoms with Gasteiger partial charge in [0.25, 0.3) is 0 Å². The van der Waals surface area contributed by atoms with Gasteiger partial charge in [0.05, 0.1) is 11.3 Å². The first-order valence-electron chi connectivity index (χ1n) is 15.9. The minimum absolute atomic E-state index is 0.113. The lowest BCUT2D eigenvalue weighted by Crippen LogP contribution is -2.47. The molecule has 0 aromatic heterocycles. The maximum atomic E-state index is 14.2. The molecule has 2 saturated heterocycles. The summed E-state index contributed by atoms with van der Waals surface area (Å²) >= 11 is 0. The molecule has 1 atom stereocenters. The highest BCUT2D eigenvalue weighted by molar-refractivity contribution is 5.79. The lowest BCUT2D eigenvalue weighted by molar-refractivity contribution is -0.140. The van der Waals surface area contributed by atoms with Gasteiger partial charge in [-0.1, -0.05) is 48.6 Å². The Morgan fingerprint density at radius 3 is 2.36 bits per heavy atom. The van der Waals surface area contributed by atoms with E-state index in [0.717, 1.165) is 63.0 Å².